The molecule has 0 amide bonds. The second kappa shape index (κ2) is 5.87. The fraction of sp³-hybridized carbons (Fsp3) is 0.235. The quantitative estimate of drug-likeness (QED) is 0.826. The lowest BCUT2D eigenvalue weighted by Gasteiger charge is -2.13. The van der Waals surface area contributed by atoms with Crippen LogP contribution in [0.5, 0.6) is 11.5 Å². The Hall–Kier alpha value is -2.49. The highest BCUT2D eigenvalue weighted by Gasteiger charge is 2.09. The van der Waals surface area contributed by atoms with Crippen molar-refractivity contribution in [1.29, 1.82) is 0 Å². The molecule has 0 aliphatic rings. The van der Waals surface area contributed by atoms with E-state index in [1.165, 1.54) is 17.7 Å². The summed E-state index contributed by atoms with van der Waals surface area (Å²) < 4.78 is 5.74. The van der Waals surface area contributed by atoms with Gasteiger partial charge in [0.15, 0.2) is 0 Å². The third kappa shape index (κ3) is 3.34. The minimum Gasteiger partial charge on any atom is -0.478 e. The molecule has 2 aromatic carbocycles. The molecule has 0 unspecified atom stereocenters. The molecule has 110 valence electrons. The highest BCUT2D eigenvalue weighted by Crippen LogP contribution is 2.30. The molecule has 21 heavy (non-hydrogen) atoms. The minimum atomic E-state index is -1.01. The van der Waals surface area contributed by atoms with Crippen LogP contribution in [-0.4, -0.2) is 11.1 Å². The van der Waals surface area contributed by atoms with E-state index < -0.39 is 5.97 Å². The number of hydrogen-bond donors (Lipinski definition) is 2. The molecule has 2 rings (SSSR count). The first kappa shape index (κ1) is 14.9. The van der Waals surface area contributed by atoms with E-state index in [0.717, 1.165) is 5.56 Å². The lowest BCUT2D eigenvalue weighted by Crippen LogP contribution is -2.00. The number of carbonyl (C=O) groups is 1. The van der Waals surface area contributed by atoms with E-state index in [4.69, 9.17) is 15.6 Å². The number of aryl methyl sites for hydroxylation is 1. The molecule has 2 aromatic rings. The predicted octanol–water partition coefficient (Wildman–Crippen LogP) is 4.19. The summed E-state index contributed by atoms with van der Waals surface area (Å²) >= 11 is 0. The Balaban J connectivity index is 2.26. The fourth-order valence-corrected chi connectivity index (χ4v) is 2.26. The van der Waals surface area contributed by atoms with Crippen molar-refractivity contribution in [2.75, 3.05) is 5.73 Å². The van der Waals surface area contributed by atoms with E-state index in [-0.39, 0.29) is 5.56 Å². The van der Waals surface area contributed by atoms with Crippen LogP contribution in [0.25, 0.3) is 0 Å². The number of carboxylic acid groups (broad SMARTS) is 1. The van der Waals surface area contributed by atoms with Crippen molar-refractivity contribution >= 4 is 11.7 Å². The number of rotatable bonds is 4. The third-order valence-corrected chi connectivity index (χ3v) is 3.35. The van der Waals surface area contributed by atoms with Gasteiger partial charge in [0.25, 0.3) is 0 Å². The summed E-state index contributed by atoms with van der Waals surface area (Å²) in [4.78, 5) is 10.9. The Morgan fingerprint density at radius 2 is 1.90 bits per heavy atom. The van der Waals surface area contributed by atoms with Crippen LogP contribution in [0.4, 0.5) is 5.69 Å². The number of carboxylic acids is 1. The van der Waals surface area contributed by atoms with Crippen molar-refractivity contribution in [2.45, 2.75) is 26.7 Å². The molecule has 0 aromatic heterocycles. The van der Waals surface area contributed by atoms with Crippen LogP contribution in [0.2, 0.25) is 0 Å². The van der Waals surface area contributed by atoms with E-state index >= 15 is 0 Å². The molecule has 4 heteroatoms. The standard InChI is InChI=1S/C17H19NO3/c1-10(2)14-6-5-13(8-11(14)3)21-16-7-4-12(17(19)20)9-15(16)18/h4-10H,18H2,1-3H3,(H,19,20). The maximum atomic E-state index is 10.9. The van der Waals surface area contributed by atoms with Gasteiger partial charge in [-0.3, -0.25) is 0 Å². The van der Waals surface area contributed by atoms with Crippen LogP contribution in [0, 0.1) is 6.92 Å². The second-order valence-electron chi connectivity index (χ2n) is 5.33. The smallest absolute Gasteiger partial charge is 0.335 e. The normalized spacial score (nSPS) is 10.7. The van der Waals surface area contributed by atoms with E-state index in [1.54, 1.807) is 6.07 Å². The highest BCUT2D eigenvalue weighted by molar-refractivity contribution is 5.89. The Bertz CT molecular complexity index is 678. The van der Waals surface area contributed by atoms with E-state index in [1.807, 2.05) is 25.1 Å². The van der Waals surface area contributed by atoms with Crippen LogP contribution in [0.15, 0.2) is 36.4 Å². The van der Waals surface area contributed by atoms with Gasteiger partial charge in [-0.1, -0.05) is 19.9 Å². The van der Waals surface area contributed by atoms with Crippen LogP contribution in [-0.2, 0) is 0 Å². The van der Waals surface area contributed by atoms with Gasteiger partial charge in [0, 0.05) is 0 Å². The topological polar surface area (TPSA) is 72.5 Å². The maximum absolute atomic E-state index is 10.9. The molecular weight excluding hydrogens is 266 g/mol. The number of hydrogen-bond acceptors (Lipinski definition) is 3. The molecule has 0 aliphatic carbocycles. The number of nitrogen functional groups attached to an aromatic ring is 1. The fourth-order valence-electron chi connectivity index (χ4n) is 2.26. The monoisotopic (exact) mass is 285 g/mol. The summed E-state index contributed by atoms with van der Waals surface area (Å²) in [6.07, 6.45) is 0. The summed E-state index contributed by atoms with van der Waals surface area (Å²) in [5.41, 5.74) is 8.72. The molecule has 0 saturated carbocycles. The van der Waals surface area contributed by atoms with Crippen molar-refractivity contribution in [3.05, 3.63) is 53.1 Å². The van der Waals surface area contributed by atoms with Crippen molar-refractivity contribution in [1.82, 2.24) is 0 Å². The van der Waals surface area contributed by atoms with Crippen molar-refractivity contribution in [3.8, 4) is 11.5 Å². The third-order valence-electron chi connectivity index (χ3n) is 3.35. The van der Waals surface area contributed by atoms with Gasteiger partial charge in [0.2, 0.25) is 0 Å². The van der Waals surface area contributed by atoms with Gasteiger partial charge >= 0.3 is 5.97 Å². The van der Waals surface area contributed by atoms with Crippen molar-refractivity contribution < 1.29 is 14.6 Å². The molecule has 0 bridgehead atoms. The molecular formula is C17H19NO3. The summed E-state index contributed by atoms with van der Waals surface area (Å²) in [6, 6.07) is 10.3. The molecule has 0 heterocycles. The summed E-state index contributed by atoms with van der Waals surface area (Å²) in [5, 5.41) is 8.91. The zero-order valence-corrected chi connectivity index (χ0v) is 12.4. The first-order valence-electron chi connectivity index (χ1n) is 6.79. The van der Waals surface area contributed by atoms with Crippen LogP contribution in [0.3, 0.4) is 0 Å². The molecule has 0 fully saturated rings. The Kier molecular flexibility index (Phi) is 4.17. The molecule has 3 N–H and O–H groups in total. The lowest BCUT2D eigenvalue weighted by atomic mass is 9.98. The molecule has 0 saturated heterocycles. The number of benzene rings is 2. The van der Waals surface area contributed by atoms with Crippen molar-refractivity contribution in [2.24, 2.45) is 0 Å². The number of nitrogens with two attached hydrogens (primary N) is 1. The van der Waals surface area contributed by atoms with Crippen LogP contribution in [0.1, 0.15) is 41.3 Å². The lowest BCUT2D eigenvalue weighted by molar-refractivity contribution is 0.0697. The molecule has 4 nitrogen and oxygen atoms in total. The zero-order chi connectivity index (χ0) is 15.6. The Morgan fingerprint density at radius 3 is 2.43 bits per heavy atom. The van der Waals surface area contributed by atoms with E-state index in [9.17, 15) is 4.79 Å². The van der Waals surface area contributed by atoms with Gasteiger partial charge in [-0.15, -0.1) is 0 Å². The number of ether oxygens (including phenoxy) is 1. The maximum Gasteiger partial charge on any atom is 0.335 e. The van der Waals surface area contributed by atoms with Gasteiger partial charge in [-0.25, -0.2) is 4.79 Å². The summed E-state index contributed by atoms with van der Waals surface area (Å²) in [7, 11) is 0. The van der Waals surface area contributed by atoms with E-state index in [0.29, 0.717) is 23.1 Å². The zero-order valence-electron chi connectivity index (χ0n) is 12.4. The average molecular weight is 285 g/mol. The Labute approximate surface area is 124 Å². The average Bonchev–Trinajstić information content (AvgIpc) is 2.40. The van der Waals surface area contributed by atoms with Gasteiger partial charge in [-0.05, 0) is 54.3 Å². The number of anilines is 1. The summed E-state index contributed by atoms with van der Waals surface area (Å²) in [5.74, 6) is 0.590. The largest absolute Gasteiger partial charge is 0.478 e. The van der Waals surface area contributed by atoms with Crippen LogP contribution >= 0.6 is 0 Å². The molecule has 0 atom stereocenters. The molecule has 0 aliphatic heterocycles. The number of aromatic carboxylic acids is 1. The molecule has 0 radical (unpaired) electrons. The van der Waals surface area contributed by atoms with E-state index in [2.05, 4.69) is 13.8 Å². The van der Waals surface area contributed by atoms with Crippen molar-refractivity contribution in [3.63, 3.8) is 0 Å². The second-order valence-corrected chi connectivity index (χ2v) is 5.33. The van der Waals surface area contributed by atoms with Gasteiger partial charge in [0.05, 0.1) is 11.3 Å². The first-order chi connectivity index (χ1) is 9.88. The van der Waals surface area contributed by atoms with Gasteiger partial charge in [0.1, 0.15) is 11.5 Å². The predicted molar refractivity (Wildman–Crippen MR) is 83.2 cm³/mol. The SMILES string of the molecule is Cc1cc(Oc2ccc(C(=O)O)cc2N)ccc1C(C)C. The summed E-state index contributed by atoms with van der Waals surface area (Å²) in [6.45, 7) is 6.33. The van der Waals surface area contributed by atoms with Gasteiger partial charge < -0.3 is 15.6 Å². The van der Waals surface area contributed by atoms with Gasteiger partial charge in [-0.2, -0.15) is 0 Å². The Morgan fingerprint density at radius 1 is 1.19 bits per heavy atom. The highest BCUT2D eigenvalue weighted by atomic mass is 16.5. The van der Waals surface area contributed by atoms with Crippen LogP contribution < -0.4 is 10.5 Å². The minimum absolute atomic E-state index is 0.145. The molecule has 0 spiro atoms. The first-order valence-corrected chi connectivity index (χ1v) is 6.79.